The molecule has 0 bridgehead atoms. The molecule has 0 saturated carbocycles. The summed E-state index contributed by atoms with van der Waals surface area (Å²) in [6.07, 6.45) is 3.37. The number of hydrogen-bond donors (Lipinski definition) is 2. The molecule has 2 aromatic carbocycles. The Labute approximate surface area is 167 Å². The number of nitrogens with one attached hydrogen (secondary N) is 2. The second-order valence-corrected chi connectivity index (χ2v) is 7.49. The van der Waals surface area contributed by atoms with Crippen LogP contribution in [0.3, 0.4) is 0 Å². The summed E-state index contributed by atoms with van der Waals surface area (Å²) in [5.41, 5.74) is 3.15. The summed E-state index contributed by atoms with van der Waals surface area (Å²) < 4.78 is 0. The zero-order chi connectivity index (χ0) is 19.8. The molecule has 0 unspecified atom stereocenters. The van der Waals surface area contributed by atoms with E-state index in [1.165, 1.54) is 5.56 Å². The first kappa shape index (κ1) is 19.9. The summed E-state index contributed by atoms with van der Waals surface area (Å²) in [5, 5.41) is 5.96. The number of likely N-dealkylation sites (tertiary alicyclic amines) is 1. The third-order valence-corrected chi connectivity index (χ3v) is 5.35. The lowest BCUT2D eigenvalue weighted by atomic mass is 9.93. The molecule has 0 spiro atoms. The fraction of sp³-hybridized carbons (Fsp3) is 0.391. The first-order chi connectivity index (χ1) is 13.6. The molecule has 1 aliphatic heterocycles. The molecule has 28 heavy (non-hydrogen) atoms. The highest BCUT2D eigenvalue weighted by atomic mass is 16.2. The number of urea groups is 1. The zero-order valence-electron chi connectivity index (χ0n) is 16.5. The molecule has 1 aliphatic rings. The van der Waals surface area contributed by atoms with E-state index in [0.29, 0.717) is 25.4 Å². The molecule has 0 radical (unpaired) electrons. The van der Waals surface area contributed by atoms with Crippen molar-refractivity contribution in [1.29, 1.82) is 0 Å². The molecular formula is C23H29N3O2. The fourth-order valence-electron chi connectivity index (χ4n) is 3.64. The summed E-state index contributed by atoms with van der Waals surface area (Å²) in [6.45, 7) is 4.11. The normalized spacial score (nSPS) is 16.5. The van der Waals surface area contributed by atoms with Crippen LogP contribution in [0.25, 0.3) is 0 Å². The Bertz CT molecular complexity index is 791. The number of nitrogens with zero attached hydrogens (tertiary/aromatic N) is 1. The molecule has 1 saturated heterocycles. The van der Waals surface area contributed by atoms with Crippen LogP contribution >= 0.6 is 0 Å². The van der Waals surface area contributed by atoms with Crippen molar-refractivity contribution in [3.8, 4) is 0 Å². The lowest BCUT2D eigenvalue weighted by molar-refractivity contribution is -0.121. The summed E-state index contributed by atoms with van der Waals surface area (Å²) in [4.78, 5) is 26.6. The van der Waals surface area contributed by atoms with E-state index >= 15 is 0 Å². The molecule has 2 aromatic rings. The van der Waals surface area contributed by atoms with Crippen LogP contribution in [-0.4, -0.2) is 29.9 Å². The van der Waals surface area contributed by atoms with Crippen LogP contribution < -0.4 is 10.6 Å². The van der Waals surface area contributed by atoms with Gasteiger partial charge in [0.25, 0.3) is 0 Å². The van der Waals surface area contributed by atoms with Crippen molar-refractivity contribution in [3.05, 3.63) is 65.7 Å². The number of para-hydroxylation sites is 1. The standard InChI is InChI=1S/C23H29N3O2/c1-18-8-5-6-10-20(18)16-24-22(27)14-13-19-9-7-15-26(17-19)23(28)25-21-11-3-2-4-12-21/h2-6,8,10-12,19H,7,9,13-17H2,1H3,(H,24,27)(H,25,28)/t19-/m1/s1. The summed E-state index contributed by atoms with van der Waals surface area (Å²) in [7, 11) is 0. The van der Waals surface area contributed by atoms with Crippen LogP contribution in [0.15, 0.2) is 54.6 Å². The molecule has 5 nitrogen and oxygen atoms in total. The van der Waals surface area contributed by atoms with Gasteiger partial charge in [-0.2, -0.15) is 0 Å². The largest absolute Gasteiger partial charge is 0.352 e. The molecule has 0 aromatic heterocycles. The number of hydrogen-bond acceptors (Lipinski definition) is 2. The molecule has 5 heteroatoms. The molecule has 1 heterocycles. The quantitative estimate of drug-likeness (QED) is 0.784. The highest BCUT2D eigenvalue weighted by Gasteiger charge is 2.24. The number of aryl methyl sites for hydroxylation is 1. The molecule has 3 amide bonds. The Morgan fingerprint density at radius 2 is 1.82 bits per heavy atom. The second kappa shape index (κ2) is 9.93. The van der Waals surface area contributed by atoms with Gasteiger partial charge in [-0.3, -0.25) is 4.79 Å². The van der Waals surface area contributed by atoms with Crippen LogP contribution in [0.5, 0.6) is 0 Å². The van der Waals surface area contributed by atoms with Gasteiger partial charge in [-0.25, -0.2) is 4.79 Å². The van der Waals surface area contributed by atoms with E-state index < -0.39 is 0 Å². The first-order valence-electron chi connectivity index (χ1n) is 10.0. The van der Waals surface area contributed by atoms with Crippen molar-refractivity contribution >= 4 is 17.6 Å². The number of benzene rings is 2. The number of rotatable bonds is 6. The van der Waals surface area contributed by atoms with Gasteiger partial charge in [-0.15, -0.1) is 0 Å². The van der Waals surface area contributed by atoms with E-state index in [2.05, 4.69) is 23.6 Å². The lowest BCUT2D eigenvalue weighted by Crippen LogP contribution is -2.42. The Hall–Kier alpha value is -2.82. The van der Waals surface area contributed by atoms with Crippen LogP contribution in [-0.2, 0) is 11.3 Å². The summed E-state index contributed by atoms with van der Waals surface area (Å²) >= 11 is 0. The van der Waals surface area contributed by atoms with E-state index in [9.17, 15) is 9.59 Å². The van der Waals surface area contributed by atoms with Crippen LogP contribution in [0.4, 0.5) is 10.5 Å². The van der Waals surface area contributed by atoms with Gasteiger partial charge in [0.05, 0.1) is 0 Å². The molecule has 1 atom stereocenters. The second-order valence-electron chi connectivity index (χ2n) is 7.49. The number of anilines is 1. The maximum atomic E-state index is 12.5. The maximum absolute atomic E-state index is 12.5. The predicted molar refractivity (Wildman–Crippen MR) is 112 cm³/mol. The topological polar surface area (TPSA) is 61.4 Å². The smallest absolute Gasteiger partial charge is 0.321 e. The maximum Gasteiger partial charge on any atom is 0.321 e. The van der Waals surface area contributed by atoms with Crippen molar-refractivity contribution in [3.63, 3.8) is 0 Å². The van der Waals surface area contributed by atoms with Gasteiger partial charge >= 0.3 is 6.03 Å². The van der Waals surface area contributed by atoms with E-state index in [1.807, 2.05) is 53.4 Å². The molecule has 3 rings (SSSR count). The lowest BCUT2D eigenvalue weighted by Gasteiger charge is -2.32. The van der Waals surface area contributed by atoms with Gasteiger partial charge in [-0.1, -0.05) is 42.5 Å². The molecule has 148 valence electrons. The van der Waals surface area contributed by atoms with Crippen molar-refractivity contribution in [2.45, 2.75) is 39.2 Å². The third kappa shape index (κ3) is 5.84. The first-order valence-corrected chi connectivity index (χ1v) is 10.0. The number of carbonyl (C=O) groups excluding carboxylic acids is 2. The molecule has 2 N–H and O–H groups in total. The number of carbonyl (C=O) groups is 2. The van der Waals surface area contributed by atoms with Gasteiger partial charge in [-0.05, 0) is 55.4 Å². The Balaban J connectivity index is 1.41. The molecular weight excluding hydrogens is 350 g/mol. The Kier molecular flexibility index (Phi) is 7.06. The minimum Gasteiger partial charge on any atom is -0.352 e. The van der Waals surface area contributed by atoms with Crippen molar-refractivity contribution in [2.75, 3.05) is 18.4 Å². The van der Waals surface area contributed by atoms with Crippen molar-refractivity contribution < 1.29 is 9.59 Å². The van der Waals surface area contributed by atoms with E-state index in [0.717, 1.165) is 37.1 Å². The number of amides is 3. The molecule has 0 aliphatic carbocycles. The summed E-state index contributed by atoms with van der Waals surface area (Å²) in [6, 6.07) is 17.6. The highest BCUT2D eigenvalue weighted by molar-refractivity contribution is 5.89. The third-order valence-electron chi connectivity index (χ3n) is 5.35. The van der Waals surface area contributed by atoms with Gasteiger partial charge in [0, 0.05) is 31.7 Å². The zero-order valence-corrected chi connectivity index (χ0v) is 16.5. The fourth-order valence-corrected chi connectivity index (χ4v) is 3.64. The van der Waals surface area contributed by atoms with Gasteiger partial charge < -0.3 is 15.5 Å². The average Bonchev–Trinajstić information content (AvgIpc) is 2.72. The minimum absolute atomic E-state index is 0.0556. The van der Waals surface area contributed by atoms with Crippen LogP contribution in [0.2, 0.25) is 0 Å². The van der Waals surface area contributed by atoms with Gasteiger partial charge in [0.2, 0.25) is 5.91 Å². The van der Waals surface area contributed by atoms with Crippen molar-refractivity contribution in [1.82, 2.24) is 10.2 Å². The monoisotopic (exact) mass is 379 g/mol. The highest BCUT2D eigenvalue weighted by Crippen LogP contribution is 2.22. The average molecular weight is 380 g/mol. The van der Waals surface area contributed by atoms with Gasteiger partial charge in [0.1, 0.15) is 0 Å². The van der Waals surface area contributed by atoms with Gasteiger partial charge in [0.15, 0.2) is 0 Å². The Morgan fingerprint density at radius 3 is 2.61 bits per heavy atom. The SMILES string of the molecule is Cc1ccccc1CNC(=O)CC[C@H]1CCCN(C(=O)Nc2ccccc2)C1. The minimum atomic E-state index is -0.0556. The molecule has 1 fully saturated rings. The van der Waals surface area contributed by atoms with Crippen LogP contribution in [0.1, 0.15) is 36.8 Å². The van der Waals surface area contributed by atoms with E-state index in [-0.39, 0.29) is 11.9 Å². The van der Waals surface area contributed by atoms with Crippen LogP contribution in [0, 0.1) is 12.8 Å². The predicted octanol–water partition coefficient (Wildman–Crippen LogP) is 4.34. The Morgan fingerprint density at radius 1 is 1.07 bits per heavy atom. The van der Waals surface area contributed by atoms with E-state index in [1.54, 1.807) is 0 Å². The van der Waals surface area contributed by atoms with E-state index in [4.69, 9.17) is 0 Å². The summed E-state index contributed by atoms with van der Waals surface area (Å²) in [5.74, 6) is 0.452. The number of piperidine rings is 1. The van der Waals surface area contributed by atoms with Crippen molar-refractivity contribution in [2.24, 2.45) is 5.92 Å².